The summed E-state index contributed by atoms with van der Waals surface area (Å²) >= 11 is 0. The first-order chi connectivity index (χ1) is 8.11. The van der Waals surface area contributed by atoms with Crippen molar-refractivity contribution in [2.75, 3.05) is 25.0 Å². The summed E-state index contributed by atoms with van der Waals surface area (Å²) in [6.45, 7) is 9.04. The molecule has 0 aliphatic carbocycles. The molecule has 1 aromatic carbocycles. The van der Waals surface area contributed by atoms with E-state index < -0.39 is 0 Å². The topological polar surface area (TPSA) is 15.3 Å². The number of para-hydroxylation sites is 1. The molecule has 0 amide bonds. The van der Waals surface area contributed by atoms with Crippen LogP contribution in [-0.2, 0) is 0 Å². The van der Waals surface area contributed by atoms with Gasteiger partial charge in [-0.25, -0.2) is 0 Å². The molecule has 1 fully saturated rings. The molecule has 2 rings (SSSR count). The second-order valence-corrected chi connectivity index (χ2v) is 5.42. The highest BCUT2D eigenvalue weighted by Gasteiger charge is 2.22. The summed E-state index contributed by atoms with van der Waals surface area (Å²) in [5, 5.41) is 3.45. The zero-order valence-corrected chi connectivity index (χ0v) is 11.5. The second kappa shape index (κ2) is 5.09. The lowest BCUT2D eigenvalue weighted by Crippen LogP contribution is -2.34. The molecule has 1 aromatic rings. The van der Waals surface area contributed by atoms with Gasteiger partial charge in [-0.3, -0.25) is 0 Å². The Morgan fingerprint density at radius 1 is 1.35 bits per heavy atom. The highest BCUT2D eigenvalue weighted by atomic mass is 15.2. The number of aryl methyl sites for hydroxylation is 1. The minimum atomic E-state index is 0.585. The Labute approximate surface area is 105 Å². The molecule has 1 aliphatic rings. The molecule has 0 bridgehead atoms. The molecule has 0 saturated carbocycles. The van der Waals surface area contributed by atoms with Gasteiger partial charge in [0, 0.05) is 25.3 Å². The number of benzene rings is 1. The molecule has 0 spiro atoms. The van der Waals surface area contributed by atoms with Gasteiger partial charge in [-0.05, 0) is 36.9 Å². The molecule has 1 heterocycles. The molecule has 17 heavy (non-hydrogen) atoms. The van der Waals surface area contributed by atoms with Crippen molar-refractivity contribution < 1.29 is 0 Å². The largest absolute Gasteiger partial charge is 0.370 e. The average molecular weight is 232 g/mol. The lowest BCUT2D eigenvalue weighted by Gasteiger charge is -2.31. The summed E-state index contributed by atoms with van der Waals surface area (Å²) in [4.78, 5) is 2.48. The number of nitrogens with one attached hydrogen (secondary N) is 1. The van der Waals surface area contributed by atoms with Crippen LogP contribution in [0.15, 0.2) is 18.2 Å². The molecule has 0 aromatic heterocycles. The highest BCUT2D eigenvalue weighted by Crippen LogP contribution is 2.32. The van der Waals surface area contributed by atoms with Crippen LogP contribution in [0.5, 0.6) is 0 Å². The number of nitrogens with zero attached hydrogens (tertiary/aromatic N) is 1. The molecular formula is C15H24N2. The van der Waals surface area contributed by atoms with Gasteiger partial charge in [0.15, 0.2) is 0 Å². The van der Waals surface area contributed by atoms with Crippen LogP contribution in [0.1, 0.15) is 37.3 Å². The Bertz CT molecular complexity index is 379. The van der Waals surface area contributed by atoms with Gasteiger partial charge in [0.2, 0.25) is 0 Å². The first kappa shape index (κ1) is 12.4. The molecule has 1 atom stereocenters. The lowest BCUT2D eigenvalue weighted by atomic mass is 9.96. The second-order valence-electron chi connectivity index (χ2n) is 5.42. The fourth-order valence-electron chi connectivity index (χ4n) is 2.78. The predicted molar refractivity (Wildman–Crippen MR) is 74.9 cm³/mol. The smallest absolute Gasteiger partial charge is 0.0431 e. The van der Waals surface area contributed by atoms with E-state index in [4.69, 9.17) is 0 Å². The predicted octanol–water partition coefficient (Wildman–Crippen LogP) is 2.92. The van der Waals surface area contributed by atoms with Crippen molar-refractivity contribution in [3.8, 4) is 0 Å². The lowest BCUT2D eigenvalue weighted by molar-refractivity contribution is 0.677. The van der Waals surface area contributed by atoms with E-state index in [1.54, 1.807) is 0 Å². The maximum absolute atomic E-state index is 3.45. The number of hydrogen-bond acceptors (Lipinski definition) is 2. The average Bonchev–Trinajstić information content (AvgIpc) is 2.81. The van der Waals surface area contributed by atoms with Gasteiger partial charge in [-0.1, -0.05) is 32.0 Å². The van der Waals surface area contributed by atoms with E-state index in [9.17, 15) is 0 Å². The third kappa shape index (κ3) is 2.47. The molecule has 1 saturated heterocycles. The standard InChI is InChI=1S/C15H24N2/c1-11(2)14-7-5-6-12(3)15(14)17(4)13-8-9-16-10-13/h5-7,11,13,16H,8-10H2,1-4H3. The molecule has 1 N–H and O–H groups in total. The molecule has 2 heteroatoms. The quantitative estimate of drug-likeness (QED) is 0.862. The van der Waals surface area contributed by atoms with Gasteiger partial charge in [0.1, 0.15) is 0 Å². The van der Waals surface area contributed by atoms with Gasteiger partial charge in [-0.15, -0.1) is 0 Å². The summed E-state index contributed by atoms with van der Waals surface area (Å²) in [5.74, 6) is 0.585. The van der Waals surface area contributed by atoms with Crippen molar-refractivity contribution in [3.05, 3.63) is 29.3 Å². The maximum Gasteiger partial charge on any atom is 0.0431 e. The van der Waals surface area contributed by atoms with Gasteiger partial charge >= 0.3 is 0 Å². The molecule has 1 aliphatic heterocycles. The highest BCUT2D eigenvalue weighted by molar-refractivity contribution is 5.60. The molecule has 94 valence electrons. The summed E-state index contributed by atoms with van der Waals surface area (Å²) in [6.07, 6.45) is 1.25. The van der Waals surface area contributed by atoms with Crippen molar-refractivity contribution in [1.82, 2.24) is 5.32 Å². The SMILES string of the molecule is Cc1cccc(C(C)C)c1N(C)C1CCNC1. The van der Waals surface area contributed by atoms with Crippen LogP contribution in [0, 0.1) is 6.92 Å². The first-order valence-electron chi connectivity index (χ1n) is 6.64. The van der Waals surface area contributed by atoms with Gasteiger partial charge < -0.3 is 10.2 Å². The Kier molecular flexibility index (Phi) is 3.72. The van der Waals surface area contributed by atoms with Crippen LogP contribution in [-0.4, -0.2) is 26.2 Å². The van der Waals surface area contributed by atoms with E-state index >= 15 is 0 Å². The fraction of sp³-hybridized carbons (Fsp3) is 0.600. The Morgan fingerprint density at radius 2 is 2.12 bits per heavy atom. The first-order valence-corrected chi connectivity index (χ1v) is 6.64. The Hall–Kier alpha value is -1.02. The van der Waals surface area contributed by atoms with Crippen molar-refractivity contribution in [2.45, 2.75) is 39.2 Å². The zero-order chi connectivity index (χ0) is 12.4. The summed E-state index contributed by atoms with van der Waals surface area (Å²) < 4.78 is 0. The van der Waals surface area contributed by atoms with E-state index in [1.165, 1.54) is 23.2 Å². The van der Waals surface area contributed by atoms with Crippen LogP contribution in [0.2, 0.25) is 0 Å². The van der Waals surface area contributed by atoms with E-state index in [-0.39, 0.29) is 0 Å². The third-order valence-corrected chi connectivity index (χ3v) is 3.83. The summed E-state index contributed by atoms with van der Waals surface area (Å²) in [7, 11) is 2.24. The summed E-state index contributed by atoms with van der Waals surface area (Å²) in [5.41, 5.74) is 4.31. The van der Waals surface area contributed by atoms with Crippen molar-refractivity contribution in [2.24, 2.45) is 0 Å². The minimum absolute atomic E-state index is 0.585. The van der Waals surface area contributed by atoms with E-state index in [0.717, 1.165) is 13.1 Å². The van der Waals surface area contributed by atoms with Crippen LogP contribution in [0.3, 0.4) is 0 Å². The number of hydrogen-bond donors (Lipinski definition) is 1. The van der Waals surface area contributed by atoms with Crippen LogP contribution in [0.25, 0.3) is 0 Å². The van der Waals surface area contributed by atoms with Crippen molar-refractivity contribution >= 4 is 5.69 Å². The molecular weight excluding hydrogens is 208 g/mol. The van der Waals surface area contributed by atoms with Gasteiger partial charge in [0.25, 0.3) is 0 Å². The monoisotopic (exact) mass is 232 g/mol. The van der Waals surface area contributed by atoms with E-state index in [1.807, 2.05) is 0 Å². The molecule has 0 radical (unpaired) electrons. The van der Waals surface area contributed by atoms with Crippen LogP contribution in [0.4, 0.5) is 5.69 Å². The zero-order valence-electron chi connectivity index (χ0n) is 11.5. The van der Waals surface area contributed by atoms with Crippen molar-refractivity contribution in [1.29, 1.82) is 0 Å². The molecule has 2 nitrogen and oxygen atoms in total. The fourth-order valence-corrected chi connectivity index (χ4v) is 2.78. The summed E-state index contributed by atoms with van der Waals surface area (Å²) in [6, 6.07) is 7.31. The molecule has 1 unspecified atom stereocenters. The minimum Gasteiger partial charge on any atom is -0.370 e. The normalized spacial score (nSPS) is 19.9. The van der Waals surface area contributed by atoms with Crippen LogP contribution < -0.4 is 10.2 Å². The van der Waals surface area contributed by atoms with Gasteiger partial charge in [0.05, 0.1) is 0 Å². The van der Waals surface area contributed by atoms with Crippen LogP contribution >= 0.6 is 0 Å². The third-order valence-electron chi connectivity index (χ3n) is 3.83. The van der Waals surface area contributed by atoms with E-state index in [0.29, 0.717) is 12.0 Å². The maximum atomic E-state index is 3.45. The Morgan fingerprint density at radius 3 is 2.71 bits per heavy atom. The number of likely N-dealkylation sites (N-methyl/N-ethyl adjacent to an activating group) is 1. The van der Waals surface area contributed by atoms with Gasteiger partial charge in [-0.2, -0.15) is 0 Å². The van der Waals surface area contributed by atoms with Crippen molar-refractivity contribution in [3.63, 3.8) is 0 Å². The number of rotatable bonds is 3. The van der Waals surface area contributed by atoms with E-state index in [2.05, 4.69) is 56.2 Å². The Balaban J connectivity index is 2.35. The number of anilines is 1.